The number of rotatable bonds is 15. The van der Waals surface area contributed by atoms with Crippen molar-refractivity contribution in [2.24, 2.45) is 10.1 Å². The molecule has 0 aromatic heterocycles. The monoisotopic (exact) mass is 716 g/mol. The lowest BCUT2D eigenvalue weighted by Crippen LogP contribution is -2.54. The molecule has 0 bridgehead atoms. The molecule has 4 aromatic rings. The first-order valence-electron chi connectivity index (χ1n) is 15.1. The normalized spacial score (nSPS) is 16.9. The minimum absolute atomic E-state index is 0.0443. The van der Waals surface area contributed by atoms with Crippen molar-refractivity contribution < 1.29 is 19.4 Å². The smallest absolute Gasteiger partial charge is 0.266 e. The lowest BCUT2D eigenvalue weighted by atomic mass is 9.81. The molecular weight excluding hydrogens is 684 g/mol. The molecule has 0 aliphatic carbocycles. The highest BCUT2D eigenvalue weighted by Crippen LogP contribution is 2.44. The van der Waals surface area contributed by atoms with Gasteiger partial charge in [-0.25, -0.2) is 10.4 Å². The fraction of sp³-hybridized carbons (Fsp3) is 0.257. The maximum Gasteiger partial charge on any atom is 0.266 e. The van der Waals surface area contributed by atoms with Crippen LogP contribution in [-0.4, -0.2) is 42.2 Å². The molecule has 0 fully saturated rings. The molecule has 0 saturated heterocycles. The number of ether oxygens (including phenoxy) is 2. The molecule has 1 amide bonds. The fourth-order valence-electron chi connectivity index (χ4n) is 5.36. The first kappa shape index (κ1) is 34.0. The van der Waals surface area contributed by atoms with Crippen molar-refractivity contribution in [1.29, 1.82) is 0 Å². The lowest BCUT2D eigenvalue weighted by Gasteiger charge is -2.32. The number of halogens is 2. The third-order valence-corrected chi connectivity index (χ3v) is 8.64. The standard InChI is InChI=1S/C35H34BrClN6O4/c36-28-14-10-24(11-15-28)22-35(34(45)42-39-19-18-25-6-2-4-9-31(25)37)32(30-8-3-1-7-27(30)23-40-43-38)47-33(41-35)26-12-16-29(17-13-26)46-21-5-20-44/h1-4,6-17,32,39,44H,5,18-23H2,(H,42,45)/t32-,35-/m0/s1. The average molecular weight is 718 g/mol. The summed E-state index contributed by atoms with van der Waals surface area (Å²) < 4.78 is 13.3. The predicted molar refractivity (Wildman–Crippen MR) is 185 cm³/mol. The minimum Gasteiger partial charge on any atom is -0.494 e. The first-order chi connectivity index (χ1) is 22.9. The number of aliphatic imine (C=N–C) groups is 1. The molecule has 0 radical (unpaired) electrons. The van der Waals surface area contributed by atoms with Crippen LogP contribution in [0.3, 0.4) is 0 Å². The summed E-state index contributed by atoms with van der Waals surface area (Å²) in [4.78, 5) is 22.5. The Bertz CT molecular complexity index is 1750. The van der Waals surface area contributed by atoms with E-state index in [9.17, 15) is 4.79 Å². The minimum atomic E-state index is -1.46. The summed E-state index contributed by atoms with van der Waals surface area (Å²) in [5, 5.41) is 13.5. The molecule has 242 valence electrons. The lowest BCUT2D eigenvalue weighted by molar-refractivity contribution is -0.130. The van der Waals surface area contributed by atoms with Crippen molar-refractivity contribution >= 4 is 39.3 Å². The third-order valence-electron chi connectivity index (χ3n) is 7.74. The molecular formula is C35H34BrClN6O4. The van der Waals surface area contributed by atoms with E-state index < -0.39 is 11.6 Å². The number of amides is 1. The summed E-state index contributed by atoms with van der Waals surface area (Å²) in [6, 6.07) is 30.0. The molecule has 1 aliphatic heterocycles. The van der Waals surface area contributed by atoms with E-state index in [4.69, 9.17) is 36.7 Å². The number of azide groups is 1. The Morgan fingerprint density at radius 2 is 1.77 bits per heavy atom. The van der Waals surface area contributed by atoms with E-state index in [-0.39, 0.29) is 25.5 Å². The van der Waals surface area contributed by atoms with Crippen molar-refractivity contribution in [2.75, 3.05) is 19.8 Å². The second-order valence-corrected chi connectivity index (χ2v) is 12.2. The third kappa shape index (κ3) is 8.51. The van der Waals surface area contributed by atoms with Crippen LogP contribution in [0.1, 0.15) is 40.3 Å². The van der Waals surface area contributed by atoms with Gasteiger partial charge in [0.15, 0.2) is 11.6 Å². The average Bonchev–Trinajstić information content (AvgIpc) is 3.48. The Balaban J connectivity index is 1.53. The van der Waals surface area contributed by atoms with E-state index in [1.807, 2.05) is 84.9 Å². The Labute approximate surface area is 286 Å². The molecule has 0 saturated carbocycles. The summed E-state index contributed by atoms with van der Waals surface area (Å²) in [5.41, 5.74) is 17.5. The van der Waals surface area contributed by atoms with Crippen molar-refractivity contribution in [1.82, 2.24) is 10.9 Å². The summed E-state index contributed by atoms with van der Waals surface area (Å²) in [6.07, 6.45) is 0.465. The fourth-order valence-corrected chi connectivity index (χ4v) is 5.86. The number of aliphatic hydroxyl groups excluding tert-OH is 1. The molecule has 10 nitrogen and oxygen atoms in total. The van der Waals surface area contributed by atoms with Crippen LogP contribution in [0, 0.1) is 0 Å². The number of nitrogens with zero attached hydrogens (tertiary/aromatic N) is 4. The van der Waals surface area contributed by atoms with Crippen molar-refractivity contribution in [3.63, 3.8) is 0 Å². The van der Waals surface area contributed by atoms with Gasteiger partial charge in [0, 0.05) is 46.0 Å². The van der Waals surface area contributed by atoms with Crippen LogP contribution in [-0.2, 0) is 28.9 Å². The van der Waals surface area contributed by atoms with E-state index in [0.29, 0.717) is 53.8 Å². The highest BCUT2D eigenvalue weighted by atomic mass is 79.9. The van der Waals surface area contributed by atoms with Crippen molar-refractivity contribution in [3.05, 3.63) is 145 Å². The molecule has 3 N–H and O–H groups in total. The number of hydrazine groups is 1. The van der Waals surface area contributed by atoms with Gasteiger partial charge in [0.25, 0.3) is 5.91 Å². The SMILES string of the molecule is [N-]=[N+]=NCc1ccccc1[C@@H]1OC(c2ccc(OCCCO)cc2)=N[C@]1(Cc1ccc(Br)cc1)C(=O)NNCCc1ccccc1Cl. The van der Waals surface area contributed by atoms with Gasteiger partial charge in [-0.2, -0.15) is 0 Å². The zero-order valence-electron chi connectivity index (χ0n) is 25.5. The predicted octanol–water partition coefficient (Wildman–Crippen LogP) is 7.04. The number of carbonyl (C=O) groups excluding carboxylic acids is 1. The molecule has 4 aromatic carbocycles. The Morgan fingerprint density at radius 1 is 1.04 bits per heavy atom. The number of benzene rings is 4. The molecule has 1 aliphatic rings. The molecule has 0 spiro atoms. The Morgan fingerprint density at radius 3 is 2.49 bits per heavy atom. The van der Waals surface area contributed by atoms with E-state index in [2.05, 4.69) is 36.8 Å². The van der Waals surface area contributed by atoms with E-state index >= 15 is 0 Å². The van der Waals surface area contributed by atoms with Crippen molar-refractivity contribution in [2.45, 2.75) is 37.5 Å². The Kier molecular flexibility index (Phi) is 11.9. The molecule has 5 rings (SSSR count). The molecule has 2 atom stereocenters. The van der Waals surface area contributed by atoms with Gasteiger partial charge < -0.3 is 14.6 Å². The zero-order chi connectivity index (χ0) is 33.1. The van der Waals surface area contributed by atoms with Gasteiger partial charge in [-0.05, 0) is 76.7 Å². The largest absolute Gasteiger partial charge is 0.494 e. The van der Waals surface area contributed by atoms with Crippen LogP contribution in [0.4, 0.5) is 0 Å². The maximum absolute atomic E-state index is 14.5. The summed E-state index contributed by atoms with van der Waals surface area (Å²) >= 11 is 9.85. The van der Waals surface area contributed by atoms with E-state index in [1.54, 1.807) is 12.1 Å². The van der Waals surface area contributed by atoms with Crippen LogP contribution >= 0.6 is 27.5 Å². The van der Waals surface area contributed by atoms with E-state index in [0.717, 1.165) is 21.2 Å². The van der Waals surface area contributed by atoms with Crippen LogP contribution in [0.15, 0.2) is 112 Å². The zero-order valence-corrected chi connectivity index (χ0v) is 27.8. The van der Waals surface area contributed by atoms with E-state index in [1.165, 1.54) is 0 Å². The summed E-state index contributed by atoms with van der Waals surface area (Å²) in [5.74, 6) is 0.541. The number of hydrogen-bond acceptors (Lipinski definition) is 7. The number of carbonyl (C=O) groups is 1. The molecule has 47 heavy (non-hydrogen) atoms. The van der Waals surface area contributed by atoms with Gasteiger partial charge >= 0.3 is 0 Å². The van der Waals surface area contributed by atoms with Gasteiger partial charge in [-0.3, -0.25) is 10.2 Å². The van der Waals surface area contributed by atoms with Crippen molar-refractivity contribution in [3.8, 4) is 5.75 Å². The van der Waals surface area contributed by atoms with Gasteiger partial charge in [0.05, 0.1) is 13.2 Å². The second-order valence-electron chi connectivity index (χ2n) is 10.9. The van der Waals surface area contributed by atoms with Crippen LogP contribution < -0.4 is 15.6 Å². The first-order valence-corrected chi connectivity index (χ1v) is 16.3. The van der Waals surface area contributed by atoms with Gasteiger partial charge in [-0.1, -0.05) is 87.2 Å². The van der Waals surface area contributed by atoms with Gasteiger partial charge in [-0.15, -0.1) is 0 Å². The second kappa shape index (κ2) is 16.4. The molecule has 1 heterocycles. The topological polar surface area (TPSA) is 141 Å². The Hall–Kier alpha value is -4.38. The van der Waals surface area contributed by atoms with Gasteiger partial charge in [0.1, 0.15) is 5.75 Å². The maximum atomic E-state index is 14.5. The molecule has 0 unspecified atom stereocenters. The van der Waals surface area contributed by atoms with Crippen LogP contribution in [0.2, 0.25) is 5.02 Å². The quantitative estimate of drug-likeness (QED) is 0.0398. The highest BCUT2D eigenvalue weighted by molar-refractivity contribution is 9.10. The number of hydrogen-bond donors (Lipinski definition) is 3. The van der Waals surface area contributed by atoms with Gasteiger partial charge in [0.2, 0.25) is 5.90 Å². The number of nitrogens with one attached hydrogen (secondary N) is 2. The summed E-state index contributed by atoms with van der Waals surface area (Å²) in [7, 11) is 0. The molecule has 12 heteroatoms. The van der Waals surface area contributed by atoms with Crippen LogP contribution in [0.25, 0.3) is 10.4 Å². The van der Waals surface area contributed by atoms with Crippen LogP contribution in [0.5, 0.6) is 5.75 Å². The summed E-state index contributed by atoms with van der Waals surface area (Å²) in [6.45, 7) is 0.935. The highest BCUT2D eigenvalue weighted by Gasteiger charge is 2.54. The number of aliphatic hydroxyl groups is 1.